The van der Waals surface area contributed by atoms with Crippen LogP contribution >= 0.6 is 0 Å². The van der Waals surface area contributed by atoms with Gasteiger partial charge in [0.05, 0.1) is 12.7 Å². The zero-order valence-electron chi connectivity index (χ0n) is 9.72. The van der Waals surface area contributed by atoms with Crippen LogP contribution in [-0.4, -0.2) is 39.4 Å². The van der Waals surface area contributed by atoms with E-state index in [1.807, 2.05) is 20.8 Å². The predicted molar refractivity (Wildman–Crippen MR) is 55.1 cm³/mol. The van der Waals surface area contributed by atoms with Gasteiger partial charge in [0, 0.05) is 26.2 Å². The van der Waals surface area contributed by atoms with Crippen molar-refractivity contribution in [1.29, 1.82) is 0 Å². The molecule has 0 aliphatic rings. The standard InChI is InChI=1S/C10H21NO3/c1-10(2,3)9(12)11-6-8(14-5)7-13-4/h8H,6-7H2,1-5H3,(H,11,12). The molecule has 0 aromatic heterocycles. The van der Waals surface area contributed by atoms with Crippen molar-refractivity contribution in [2.24, 2.45) is 5.41 Å². The van der Waals surface area contributed by atoms with Crippen LogP contribution in [0.4, 0.5) is 0 Å². The SMILES string of the molecule is COCC(CNC(=O)C(C)(C)C)OC. The van der Waals surface area contributed by atoms with E-state index in [1.165, 1.54) is 0 Å². The van der Waals surface area contributed by atoms with Gasteiger partial charge >= 0.3 is 0 Å². The maximum absolute atomic E-state index is 11.5. The monoisotopic (exact) mass is 203 g/mol. The van der Waals surface area contributed by atoms with Gasteiger partial charge < -0.3 is 14.8 Å². The Hall–Kier alpha value is -0.610. The number of carbonyl (C=O) groups is 1. The van der Waals surface area contributed by atoms with Crippen LogP contribution in [0.25, 0.3) is 0 Å². The molecule has 0 fully saturated rings. The Morgan fingerprint density at radius 1 is 1.36 bits per heavy atom. The molecule has 0 spiro atoms. The van der Waals surface area contributed by atoms with Crippen molar-refractivity contribution in [2.75, 3.05) is 27.4 Å². The van der Waals surface area contributed by atoms with Crippen molar-refractivity contribution >= 4 is 5.91 Å². The molecule has 0 heterocycles. The largest absolute Gasteiger partial charge is 0.382 e. The zero-order chi connectivity index (χ0) is 11.2. The summed E-state index contributed by atoms with van der Waals surface area (Å²) in [4.78, 5) is 11.5. The second kappa shape index (κ2) is 5.98. The Kier molecular flexibility index (Phi) is 5.72. The average molecular weight is 203 g/mol. The van der Waals surface area contributed by atoms with Crippen LogP contribution in [0.15, 0.2) is 0 Å². The van der Waals surface area contributed by atoms with Gasteiger partial charge in [0.1, 0.15) is 0 Å². The fraction of sp³-hybridized carbons (Fsp3) is 0.900. The average Bonchev–Trinajstić information content (AvgIpc) is 2.10. The van der Waals surface area contributed by atoms with E-state index in [9.17, 15) is 4.79 Å². The summed E-state index contributed by atoms with van der Waals surface area (Å²) in [6.45, 7) is 6.60. The summed E-state index contributed by atoms with van der Waals surface area (Å²) in [5, 5.41) is 2.81. The van der Waals surface area contributed by atoms with Gasteiger partial charge in [0.2, 0.25) is 5.91 Å². The Morgan fingerprint density at radius 3 is 2.29 bits per heavy atom. The summed E-state index contributed by atoms with van der Waals surface area (Å²) in [6, 6.07) is 0. The number of nitrogens with one attached hydrogen (secondary N) is 1. The zero-order valence-corrected chi connectivity index (χ0v) is 9.72. The molecule has 4 nitrogen and oxygen atoms in total. The molecule has 1 N–H and O–H groups in total. The fourth-order valence-corrected chi connectivity index (χ4v) is 0.868. The van der Waals surface area contributed by atoms with Gasteiger partial charge in [-0.25, -0.2) is 0 Å². The molecule has 0 bridgehead atoms. The summed E-state index contributed by atoms with van der Waals surface area (Å²) in [5.74, 6) is 0.0238. The smallest absolute Gasteiger partial charge is 0.225 e. The minimum atomic E-state index is -0.356. The third kappa shape index (κ3) is 5.19. The van der Waals surface area contributed by atoms with E-state index >= 15 is 0 Å². The van der Waals surface area contributed by atoms with Crippen molar-refractivity contribution in [2.45, 2.75) is 26.9 Å². The Labute approximate surface area is 86.0 Å². The fourth-order valence-electron chi connectivity index (χ4n) is 0.868. The molecule has 1 atom stereocenters. The third-order valence-corrected chi connectivity index (χ3v) is 1.86. The topological polar surface area (TPSA) is 47.6 Å². The van der Waals surface area contributed by atoms with E-state index < -0.39 is 0 Å². The van der Waals surface area contributed by atoms with Crippen LogP contribution < -0.4 is 5.32 Å². The van der Waals surface area contributed by atoms with Gasteiger partial charge in [-0.05, 0) is 0 Å². The van der Waals surface area contributed by atoms with Crippen molar-refractivity contribution < 1.29 is 14.3 Å². The van der Waals surface area contributed by atoms with E-state index in [4.69, 9.17) is 9.47 Å². The maximum Gasteiger partial charge on any atom is 0.225 e. The lowest BCUT2D eigenvalue weighted by molar-refractivity contribution is -0.129. The Morgan fingerprint density at radius 2 is 1.93 bits per heavy atom. The first-order valence-corrected chi connectivity index (χ1v) is 4.72. The van der Waals surface area contributed by atoms with E-state index in [1.54, 1.807) is 14.2 Å². The summed E-state index contributed by atoms with van der Waals surface area (Å²) < 4.78 is 10.1. The van der Waals surface area contributed by atoms with Crippen molar-refractivity contribution in [1.82, 2.24) is 5.32 Å². The minimum absolute atomic E-state index is 0.0238. The first kappa shape index (κ1) is 13.4. The van der Waals surface area contributed by atoms with E-state index in [0.29, 0.717) is 13.2 Å². The summed E-state index contributed by atoms with van der Waals surface area (Å²) >= 11 is 0. The molecule has 4 heteroatoms. The number of hydrogen-bond donors (Lipinski definition) is 1. The van der Waals surface area contributed by atoms with E-state index in [2.05, 4.69) is 5.32 Å². The highest BCUT2D eigenvalue weighted by atomic mass is 16.5. The van der Waals surface area contributed by atoms with Crippen molar-refractivity contribution in [3.8, 4) is 0 Å². The van der Waals surface area contributed by atoms with Crippen LogP contribution in [0.1, 0.15) is 20.8 Å². The first-order chi connectivity index (χ1) is 6.41. The summed E-state index contributed by atoms with van der Waals surface area (Å²) in [7, 11) is 3.21. The van der Waals surface area contributed by atoms with Crippen LogP contribution in [0, 0.1) is 5.41 Å². The summed E-state index contributed by atoms with van der Waals surface area (Å²) in [6.07, 6.45) is -0.0775. The quantitative estimate of drug-likeness (QED) is 0.719. The molecule has 1 unspecified atom stereocenters. The number of methoxy groups -OCH3 is 2. The lowest BCUT2D eigenvalue weighted by atomic mass is 9.96. The lowest BCUT2D eigenvalue weighted by Crippen LogP contribution is -2.41. The molecular formula is C10H21NO3. The number of ether oxygens (including phenoxy) is 2. The third-order valence-electron chi connectivity index (χ3n) is 1.86. The molecule has 84 valence electrons. The molecule has 0 aliphatic heterocycles. The maximum atomic E-state index is 11.5. The molecule has 0 saturated heterocycles. The molecule has 0 saturated carbocycles. The van der Waals surface area contributed by atoms with Gasteiger partial charge in [0.15, 0.2) is 0 Å². The summed E-state index contributed by atoms with van der Waals surface area (Å²) in [5.41, 5.74) is -0.356. The minimum Gasteiger partial charge on any atom is -0.382 e. The van der Waals surface area contributed by atoms with Crippen LogP contribution in [0.5, 0.6) is 0 Å². The molecule has 14 heavy (non-hydrogen) atoms. The highest BCUT2D eigenvalue weighted by Gasteiger charge is 2.21. The van der Waals surface area contributed by atoms with Crippen LogP contribution in [0.3, 0.4) is 0 Å². The van der Waals surface area contributed by atoms with Gasteiger partial charge in [-0.3, -0.25) is 4.79 Å². The molecule has 1 amide bonds. The molecule has 0 radical (unpaired) electrons. The van der Waals surface area contributed by atoms with Crippen molar-refractivity contribution in [3.05, 3.63) is 0 Å². The van der Waals surface area contributed by atoms with Gasteiger partial charge in [-0.15, -0.1) is 0 Å². The normalized spacial score (nSPS) is 13.8. The van der Waals surface area contributed by atoms with Crippen molar-refractivity contribution in [3.63, 3.8) is 0 Å². The predicted octanol–water partition coefficient (Wildman–Crippen LogP) is 0.810. The molecule has 0 rings (SSSR count). The number of rotatable bonds is 5. The highest BCUT2D eigenvalue weighted by molar-refractivity contribution is 5.81. The number of amides is 1. The van der Waals surface area contributed by atoms with E-state index in [-0.39, 0.29) is 17.4 Å². The van der Waals surface area contributed by atoms with Crippen LogP contribution in [-0.2, 0) is 14.3 Å². The van der Waals surface area contributed by atoms with Crippen LogP contribution in [0.2, 0.25) is 0 Å². The number of hydrogen-bond acceptors (Lipinski definition) is 3. The second-order valence-corrected chi connectivity index (χ2v) is 4.27. The lowest BCUT2D eigenvalue weighted by Gasteiger charge is -2.20. The van der Waals surface area contributed by atoms with Gasteiger partial charge in [-0.2, -0.15) is 0 Å². The Bertz CT molecular complexity index is 175. The van der Waals surface area contributed by atoms with Gasteiger partial charge in [-0.1, -0.05) is 20.8 Å². The molecule has 0 aliphatic carbocycles. The Balaban J connectivity index is 3.85. The molecule has 0 aromatic carbocycles. The number of carbonyl (C=O) groups excluding carboxylic acids is 1. The molecular weight excluding hydrogens is 182 g/mol. The highest BCUT2D eigenvalue weighted by Crippen LogP contribution is 2.12. The van der Waals surface area contributed by atoms with E-state index in [0.717, 1.165) is 0 Å². The first-order valence-electron chi connectivity index (χ1n) is 4.72. The van der Waals surface area contributed by atoms with Gasteiger partial charge in [0.25, 0.3) is 0 Å². The molecule has 0 aromatic rings. The second-order valence-electron chi connectivity index (χ2n) is 4.27.